The predicted molar refractivity (Wildman–Crippen MR) is 52.2 cm³/mol. The third kappa shape index (κ3) is 0.918. The van der Waals surface area contributed by atoms with Crippen LogP contribution in [0.4, 0.5) is 0 Å². The fourth-order valence-electron chi connectivity index (χ4n) is 3.54. The maximum Gasteiger partial charge on any atom is 0.207 e. The van der Waals surface area contributed by atoms with E-state index in [1.54, 1.807) is 0 Å². The standard InChI is InChI=1S/C11H19NO/c1-10(2)8-4-5-11(10,3)9(6-8)12-7-13/h7-9H,4-6H2,1-3H3,(H,12,13)/t8-,9-,11+/m1/s1. The Labute approximate surface area is 80.1 Å². The Morgan fingerprint density at radius 2 is 2.08 bits per heavy atom. The van der Waals surface area contributed by atoms with E-state index < -0.39 is 0 Å². The molecule has 1 N–H and O–H groups in total. The van der Waals surface area contributed by atoms with Crippen LogP contribution in [0.2, 0.25) is 0 Å². The Morgan fingerprint density at radius 1 is 1.38 bits per heavy atom. The Hall–Kier alpha value is -0.530. The van der Waals surface area contributed by atoms with Crippen LogP contribution >= 0.6 is 0 Å². The van der Waals surface area contributed by atoms with Crippen LogP contribution < -0.4 is 5.32 Å². The van der Waals surface area contributed by atoms with Gasteiger partial charge in [-0.3, -0.25) is 4.79 Å². The third-order valence-corrected chi connectivity index (χ3v) is 5.06. The first-order valence-corrected chi connectivity index (χ1v) is 5.22. The van der Waals surface area contributed by atoms with E-state index in [-0.39, 0.29) is 0 Å². The molecule has 2 bridgehead atoms. The highest BCUT2D eigenvalue weighted by Crippen LogP contribution is 2.65. The molecule has 0 spiro atoms. The molecule has 2 nitrogen and oxygen atoms in total. The maximum atomic E-state index is 10.5. The Bertz CT molecular complexity index is 236. The zero-order valence-electron chi connectivity index (χ0n) is 8.76. The van der Waals surface area contributed by atoms with Gasteiger partial charge in [0.1, 0.15) is 0 Å². The van der Waals surface area contributed by atoms with Crippen molar-refractivity contribution in [2.24, 2.45) is 16.7 Å². The summed E-state index contributed by atoms with van der Waals surface area (Å²) in [4.78, 5) is 10.5. The zero-order chi connectivity index (χ0) is 9.69. The van der Waals surface area contributed by atoms with Crippen LogP contribution in [-0.4, -0.2) is 12.5 Å². The molecule has 2 heteroatoms. The van der Waals surface area contributed by atoms with Gasteiger partial charge >= 0.3 is 0 Å². The van der Waals surface area contributed by atoms with Crippen molar-refractivity contribution in [3.05, 3.63) is 0 Å². The molecule has 2 aliphatic carbocycles. The lowest BCUT2D eigenvalue weighted by atomic mass is 9.69. The number of carbonyl (C=O) groups is 1. The topological polar surface area (TPSA) is 29.1 Å². The first-order valence-electron chi connectivity index (χ1n) is 5.22. The normalized spacial score (nSPS) is 46.4. The highest BCUT2D eigenvalue weighted by molar-refractivity contribution is 5.47. The summed E-state index contributed by atoms with van der Waals surface area (Å²) in [5, 5.41) is 2.99. The van der Waals surface area contributed by atoms with Crippen LogP contribution in [0.1, 0.15) is 40.0 Å². The van der Waals surface area contributed by atoms with Gasteiger partial charge in [-0.2, -0.15) is 0 Å². The smallest absolute Gasteiger partial charge is 0.207 e. The third-order valence-electron chi connectivity index (χ3n) is 5.06. The van der Waals surface area contributed by atoms with Gasteiger partial charge in [0, 0.05) is 6.04 Å². The largest absolute Gasteiger partial charge is 0.355 e. The minimum atomic E-state index is 0.332. The fourth-order valence-corrected chi connectivity index (χ4v) is 3.54. The Morgan fingerprint density at radius 3 is 2.46 bits per heavy atom. The summed E-state index contributed by atoms with van der Waals surface area (Å²) in [5.41, 5.74) is 0.742. The summed E-state index contributed by atoms with van der Waals surface area (Å²) in [6.45, 7) is 7.05. The molecule has 74 valence electrons. The van der Waals surface area contributed by atoms with Crippen LogP contribution in [0.25, 0.3) is 0 Å². The molecule has 0 aromatic carbocycles. The maximum absolute atomic E-state index is 10.5. The monoisotopic (exact) mass is 181 g/mol. The quantitative estimate of drug-likeness (QED) is 0.648. The summed E-state index contributed by atoms with van der Waals surface area (Å²) in [7, 11) is 0. The van der Waals surface area contributed by atoms with Gasteiger partial charge in [0.05, 0.1) is 0 Å². The van der Waals surface area contributed by atoms with E-state index in [0.29, 0.717) is 16.9 Å². The molecule has 2 aliphatic rings. The molecule has 2 fully saturated rings. The molecule has 0 radical (unpaired) electrons. The Balaban J connectivity index is 2.27. The van der Waals surface area contributed by atoms with Crippen molar-refractivity contribution < 1.29 is 4.79 Å². The van der Waals surface area contributed by atoms with Crippen LogP contribution in [0, 0.1) is 16.7 Å². The molecule has 0 unspecified atom stereocenters. The molecule has 2 rings (SSSR count). The van der Waals surface area contributed by atoms with E-state index in [0.717, 1.165) is 12.3 Å². The molecule has 3 atom stereocenters. The molecule has 0 aromatic heterocycles. The Kier molecular flexibility index (Phi) is 1.73. The van der Waals surface area contributed by atoms with Crippen molar-refractivity contribution in [1.29, 1.82) is 0 Å². The molecule has 0 saturated heterocycles. The second-order valence-corrected chi connectivity index (χ2v) is 5.45. The fraction of sp³-hybridized carbons (Fsp3) is 0.909. The van der Waals surface area contributed by atoms with Gasteiger partial charge < -0.3 is 5.32 Å². The second kappa shape index (κ2) is 2.49. The van der Waals surface area contributed by atoms with E-state index >= 15 is 0 Å². The summed E-state index contributed by atoms with van der Waals surface area (Å²) in [5.74, 6) is 0.815. The van der Waals surface area contributed by atoms with Gasteiger partial charge in [0.2, 0.25) is 6.41 Å². The van der Waals surface area contributed by atoms with Crippen LogP contribution in [0.15, 0.2) is 0 Å². The molecule has 2 saturated carbocycles. The van der Waals surface area contributed by atoms with Crippen molar-refractivity contribution in [3.8, 4) is 0 Å². The lowest BCUT2D eigenvalue weighted by Gasteiger charge is -2.38. The number of amides is 1. The van der Waals surface area contributed by atoms with Crippen molar-refractivity contribution in [1.82, 2.24) is 5.32 Å². The highest BCUT2D eigenvalue weighted by Gasteiger charge is 2.61. The van der Waals surface area contributed by atoms with Crippen LogP contribution in [0.5, 0.6) is 0 Å². The van der Waals surface area contributed by atoms with Gasteiger partial charge in [-0.25, -0.2) is 0 Å². The summed E-state index contributed by atoms with van der Waals surface area (Å²) < 4.78 is 0. The summed E-state index contributed by atoms with van der Waals surface area (Å²) in [6.07, 6.45) is 4.67. The minimum Gasteiger partial charge on any atom is -0.355 e. The van der Waals surface area contributed by atoms with E-state index in [1.807, 2.05) is 0 Å². The van der Waals surface area contributed by atoms with E-state index in [2.05, 4.69) is 26.1 Å². The van der Waals surface area contributed by atoms with Gasteiger partial charge in [-0.15, -0.1) is 0 Å². The zero-order valence-corrected chi connectivity index (χ0v) is 8.76. The molecular weight excluding hydrogens is 162 g/mol. The lowest BCUT2D eigenvalue weighted by Crippen LogP contribution is -2.43. The number of fused-ring (bicyclic) bond motifs is 2. The van der Waals surface area contributed by atoms with Gasteiger partial charge in [-0.05, 0) is 36.0 Å². The average molecular weight is 181 g/mol. The van der Waals surface area contributed by atoms with E-state index in [9.17, 15) is 4.79 Å². The summed E-state index contributed by atoms with van der Waals surface area (Å²) >= 11 is 0. The van der Waals surface area contributed by atoms with Crippen molar-refractivity contribution in [2.75, 3.05) is 0 Å². The highest BCUT2D eigenvalue weighted by atomic mass is 16.1. The SMILES string of the molecule is CC1(C)[C@@H]2CC[C@@]1(C)[C@H](NC=O)C2. The van der Waals surface area contributed by atoms with Crippen molar-refractivity contribution in [3.63, 3.8) is 0 Å². The number of carbonyl (C=O) groups excluding carboxylic acids is 1. The number of rotatable bonds is 2. The van der Waals surface area contributed by atoms with Gasteiger partial charge in [0.15, 0.2) is 0 Å². The summed E-state index contributed by atoms with van der Waals surface area (Å²) in [6, 6.07) is 0.416. The first kappa shape index (κ1) is 9.04. The number of nitrogens with one attached hydrogen (secondary N) is 1. The lowest BCUT2D eigenvalue weighted by molar-refractivity contribution is -0.111. The second-order valence-electron chi connectivity index (χ2n) is 5.45. The van der Waals surface area contributed by atoms with Crippen molar-refractivity contribution >= 4 is 6.41 Å². The molecule has 0 heterocycles. The van der Waals surface area contributed by atoms with Gasteiger partial charge in [-0.1, -0.05) is 20.8 Å². The van der Waals surface area contributed by atoms with E-state index in [4.69, 9.17) is 0 Å². The predicted octanol–water partition coefficient (Wildman–Crippen LogP) is 1.95. The first-order chi connectivity index (χ1) is 6.02. The van der Waals surface area contributed by atoms with Gasteiger partial charge in [0.25, 0.3) is 0 Å². The minimum absolute atomic E-state index is 0.332. The van der Waals surface area contributed by atoms with E-state index in [1.165, 1.54) is 19.3 Å². The van der Waals surface area contributed by atoms with Crippen molar-refractivity contribution in [2.45, 2.75) is 46.1 Å². The van der Waals surface area contributed by atoms with Crippen LogP contribution in [0.3, 0.4) is 0 Å². The molecule has 0 aliphatic heterocycles. The number of hydrogen-bond donors (Lipinski definition) is 1. The molecule has 1 amide bonds. The number of hydrogen-bond acceptors (Lipinski definition) is 1. The molecule has 13 heavy (non-hydrogen) atoms. The molecular formula is C11H19NO. The molecule has 0 aromatic rings. The average Bonchev–Trinajstić information content (AvgIpc) is 2.37. The van der Waals surface area contributed by atoms with Crippen LogP contribution in [-0.2, 0) is 4.79 Å².